The molecule has 18 heavy (non-hydrogen) atoms. The van der Waals surface area contributed by atoms with Crippen molar-refractivity contribution in [1.29, 1.82) is 0 Å². The molecule has 0 radical (unpaired) electrons. The molecule has 0 bridgehead atoms. The zero-order chi connectivity index (χ0) is 13.0. The minimum Gasteiger partial charge on any atom is -0.368 e. The van der Waals surface area contributed by atoms with E-state index in [4.69, 9.17) is 5.73 Å². The summed E-state index contributed by atoms with van der Waals surface area (Å²) in [6, 6.07) is 7.41. The lowest BCUT2D eigenvalue weighted by molar-refractivity contribution is 0.555. The van der Waals surface area contributed by atoms with E-state index in [-0.39, 0.29) is 0 Å². The van der Waals surface area contributed by atoms with Crippen LogP contribution in [-0.4, -0.2) is 12.6 Å². The van der Waals surface area contributed by atoms with E-state index in [1.807, 2.05) is 0 Å². The van der Waals surface area contributed by atoms with Crippen LogP contribution < -0.4 is 10.6 Å². The average molecular weight is 246 g/mol. The summed E-state index contributed by atoms with van der Waals surface area (Å²) in [5.74, 6) is 0. The van der Waals surface area contributed by atoms with E-state index < -0.39 is 0 Å². The molecule has 1 saturated heterocycles. The highest BCUT2D eigenvalue weighted by Gasteiger charge is 2.20. The first-order chi connectivity index (χ1) is 8.76. The van der Waals surface area contributed by atoms with Crippen LogP contribution in [0.25, 0.3) is 0 Å². The number of benzene rings is 1. The molecule has 1 fully saturated rings. The molecule has 2 rings (SSSR count). The Kier molecular flexibility index (Phi) is 4.65. The van der Waals surface area contributed by atoms with Crippen LogP contribution in [0.2, 0.25) is 0 Å². The monoisotopic (exact) mass is 246 g/mol. The van der Waals surface area contributed by atoms with Crippen molar-refractivity contribution in [3.8, 4) is 0 Å². The largest absolute Gasteiger partial charge is 0.368 e. The lowest BCUT2D eigenvalue weighted by Crippen LogP contribution is -2.34. The zero-order valence-corrected chi connectivity index (χ0v) is 11.8. The van der Waals surface area contributed by atoms with Crippen LogP contribution in [0.15, 0.2) is 18.2 Å². The van der Waals surface area contributed by atoms with E-state index in [9.17, 15) is 0 Å². The zero-order valence-electron chi connectivity index (χ0n) is 11.8. The predicted octanol–water partition coefficient (Wildman–Crippen LogP) is 3.61. The second-order valence-electron chi connectivity index (χ2n) is 5.43. The van der Waals surface area contributed by atoms with Gasteiger partial charge in [-0.1, -0.05) is 31.9 Å². The molecule has 0 saturated carbocycles. The van der Waals surface area contributed by atoms with Crippen LogP contribution in [0.3, 0.4) is 0 Å². The van der Waals surface area contributed by atoms with Gasteiger partial charge in [-0.05, 0) is 43.4 Å². The molecule has 1 aliphatic heterocycles. The fourth-order valence-electron chi connectivity index (χ4n) is 3.09. The van der Waals surface area contributed by atoms with Gasteiger partial charge in [0.2, 0.25) is 0 Å². The summed E-state index contributed by atoms with van der Waals surface area (Å²) in [6.07, 6.45) is 6.68. The first-order valence-electron chi connectivity index (χ1n) is 7.32. The van der Waals surface area contributed by atoms with Gasteiger partial charge >= 0.3 is 0 Å². The number of nitrogens with zero attached hydrogens (tertiary/aromatic N) is 1. The van der Waals surface area contributed by atoms with Crippen molar-refractivity contribution < 1.29 is 0 Å². The number of rotatable bonds is 3. The van der Waals surface area contributed by atoms with Crippen LogP contribution in [0.1, 0.15) is 50.2 Å². The van der Waals surface area contributed by atoms with Gasteiger partial charge in [-0.25, -0.2) is 0 Å². The molecule has 1 aromatic carbocycles. The van der Waals surface area contributed by atoms with Crippen LogP contribution in [0, 0.1) is 6.92 Å². The van der Waals surface area contributed by atoms with Crippen molar-refractivity contribution >= 4 is 5.69 Å². The van der Waals surface area contributed by atoms with Gasteiger partial charge < -0.3 is 10.6 Å². The molecule has 1 heterocycles. The maximum atomic E-state index is 5.71. The maximum absolute atomic E-state index is 5.71. The standard InChI is InChI=1S/C16H26N2/c1-3-15-7-5-4-6-10-18(15)16-9-8-14(12-17)11-13(16)2/h8-9,11,15H,3-7,10,12,17H2,1-2H3. The molecule has 0 aromatic heterocycles. The number of anilines is 1. The van der Waals surface area contributed by atoms with Crippen LogP contribution in [0.5, 0.6) is 0 Å². The maximum Gasteiger partial charge on any atom is 0.0398 e. The summed E-state index contributed by atoms with van der Waals surface area (Å²) in [5, 5.41) is 0. The first kappa shape index (κ1) is 13.4. The third-order valence-electron chi connectivity index (χ3n) is 4.15. The molecule has 100 valence electrons. The molecule has 2 N–H and O–H groups in total. The Morgan fingerprint density at radius 2 is 2.11 bits per heavy atom. The molecule has 2 heteroatoms. The van der Waals surface area contributed by atoms with Gasteiger partial charge in [-0.2, -0.15) is 0 Å². The van der Waals surface area contributed by atoms with Crippen molar-refractivity contribution in [3.63, 3.8) is 0 Å². The minimum absolute atomic E-state index is 0.637. The Morgan fingerprint density at radius 1 is 1.28 bits per heavy atom. The van der Waals surface area contributed by atoms with Crippen molar-refractivity contribution in [1.82, 2.24) is 0 Å². The molecule has 0 spiro atoms. The van der Waals surface area contributed by atoms with Gasteiger partial charge in [-0.15, -0.1) is 0 Å². The molecule has 2 nitrogen and oxygen atoms in total. The number of aryl methyl sites for hydroxylation is 1. The van der Waals surface area contributed by atoms with E-state index in [0.717, 1.165) is 6.04 Å². The third-order valence-corrected chi connectivity index (χ3v) is 4.15. The molecular weight excluding hydrogens is 220 g/mol. The summed E-state index contributed by atoms with van der Waals surface area (Å²) in [6.45, 7) is 6.37. The Bertz CT molecular complexity index is 387. The fourth-order valence-corrected chi connectivity index (χ4v) is 3.09. The highest BCUT2D eigenvalue weighted by molar-refractivity contribution is 5.55. The quantitative estimate of drug-likeness (QED) is 0.882. The SMILES string of the molecule is CCC1CCCCCN1c1ccc(CN)cc1C. The number of nitrogens with two attached hydrogens (primary N) is 1. The molecule has 1 aliphatic rings. The minimum atomic E-state index is 0.637. The Hall–Kier alpha value is -1.02. The number of hydrogen-bond acceptors (Lipinski definition) is 2. The van der Waals surface area contributed by atoms with Crippen LogP contribution >= 0.6 is 0 Å². The number of hydrogen-bond donors (Lipinski definition) is 1. The Labute approximate surface area is 111 Å². The molecule has 0 aliphatic carbocycles. The third kappa shape index (κ3) is 2.86. The lowest BCUT2D eigenvalue weighted by Gasteiger charge is -2.33. The van der Waals surface area contributed by atoms with Crippen molar-refractivity contribution in [2.45, 2.75) is 58.5 Å². The topological polar surface area (TPSA) is 29.3 Å². The van der Waals surface area contributed by atoms with E-state index in [1.54, 1.807) is 0 Å². The summed E-state index contributed by atoms with van der Waals surface area (Å²) < 4.78 is 0. The fraction of sp³-hybridized carbons (Fsp3) is 0.625. The highest BCUT2D eigenvalue weighted by atomic mass is 15.2. The molecule has 0 amide bonds. The van der Waals surface area contributed by atoms with E-state index >= 15 is 0 Å². The predicted molar refractivity (Wildman–Crippen MR) is 79.0 cm³/mol. The van der Waals surface area contributed by atoms with E-state index in [2.05, 4.69) is 36.9 Å². The summed E-state index contributed by atoms with van der Waals surface area (Å²) in [7, 11) is 0. The summed E-state index contributed by atoms with van der Waals surface area (Å²) >= 11 is 0. The van der Waals surface area contributed by atoms with Crippen LogP contribution in [0.4, 0.5) is 5.69 Å². The summed E-state index contributed by atoms with van der Waals surface area (Å²) in [4.78, 5) is 2.63. The smallest absolute Gasteiger partial charge is 0.0398 e. The molecule has 1 atom stereocenters. The molecular formula is C16H26N2. The first-order valence-corrected chi connectivity index (χ1v) is 7.32. The van der Waals surface area contributed by atoms with Crippen LogP contribution in [-0.2, 0) is 6.54 Å². The van der Waals surface area contributed by atoms with Gasteiger partial charge in [-0.3, -0.25) is 0 Å². The van der Waals surface area contributed by atoms with Gasteiger partial charge in [0.15, 0.2) is 0 Å². The lowest BCUT2D eigenvalue weighted by atomic mass is 10.0. The van der Waals surface area contributed by atoms with Gasteiger partial charge in [0.25, 0.3) is 0 Å². The normalized spacial score (nSPS) is 20.8. The van der Waals surface area contributed by atoms with Crippen molar-refractivity contribution in [2.24, 2.45) is 5.73 Å². The second kappa shape index (κ2) is 6.24. The average Bonchev–Trinajstić information content (AvgIpc) is 2.63. The van der Waals surface area contributed by atoms with E-state index in [0.29, 0.717) is 6.54 Å². The molecule has 1 aromatic rings. The second-order valence-corrected chi connectivity index (χ2v) is 5.43. The van der Waals surface area contributed by atoms with Crippen molar-refractivity contribution in [2.75, 3.05) is 11.4 Å². The van der Waals surface area contributed by atoms with Gasteiger partial charge in [0.1, 0.15) is 0 Å². The Morgan fingerprint density at radius 3 is 2.78 bits per heavy atom. The van der Waals surface area contributed by atoms with Gasteiger partial charge in [0.05, 0.1) is 0 Å². The van der Waals surface area contributed by atoms with E-state index in [1.165, 1.54) is 55.5 Å². The molecule has 1 unspecified atom stereocenters. The van der Waals surface area contributed by atoms with Gasteiger partial charge in [0, 0.05) is 24.8 Å². The van der Waals surface area contributed by atoms with Crippen molar-refractivity contribution in [3.05, 3.63) is 29.3 Å². The highest BCUT2D eigenvalue weighted by Crippen LogP contribution is 2.29. The summed E-state index contributed by atoms with van der Waals surface area (Å²) in [5.41, 5.74) is 9.74. The Balaban J connectivity index is 2.27.